The van der Waals surface area contributed by atoms with Crippen LogP contribution in [0.15, 0.2) is 51.2 Å². The van der Waals surface area contributed by atoms with Crippen LogP contribution in [-0.2, 0) is 10.1 Å². The summed E-state index contributed by atoms with van der Waals surface area (Å²) < 4.78 is 31.5. The van der Waals surface area contributed by atoms with Crippen LogP contribution in [0.5, 0.6) is 0 Å². The number of hydrogen-bond donors (Lipinski definition) is 2. The number of nitrogens with two attached hydrogens (primary N) is 1. The molecular weight excluding hydrogens is 457 g/mol. The molecule has 0 aliphatic heterocycles. The Labute approximate surface area is 197 Å². The third-order valence-corrected chi connectivity index (χ3v) is 4.95. The van der Waals surface area contributed by atoms with E-state index in [4.69, 9.17) is 10.3 Å². The number of benzene rings is 1. The first-order valence-electron chi connectivity index (χ1n) is 8.41. The molecule has 0 unspecified atom stereocenters. The molecule has 0 fully saturated rings. The average molecular weight is 480 g/mol. The number of pyridine rings is 1. The Morgan fingerprint density at radius 3 is 2.57 bits per heavy atom. The Bertz CT molecular complexity index is 900. The van der Waals surface area contributed by atoms with Crippen LogP contribution in [0.3, 0.4) is 0 Å². The van der Waals surface area contributed by atoms with Gasteiger partial charge in [-0.1, -0.05) is 6.92 Å². The van der Waals surface area contributed by atoms with E-state index in [1.54, 1.807) is 24.4 Å². The van der Waals surface area contributed by atoms with Gasteiger partial charge in [0.15, 0.2) is 5.82 Å². The van der Waals surface area contributed by atoms with Gasteiger partial charge in [-0.25, -0.2) is 4.98 Å². The van der Waals surface area contributed by atoms with Crippen molar-refractivity contribution in [3.8, 4) is 0 Å². The van der Waals surface area contributed by atoms with Crippen molar-refractivity contribution in [1.82, 2.24) is 4.98 Å². The van der Waals surface area contributed by atoms with Gasteiger partial charge in [0.25, 0.3) is 10.1 Å². The molecule has 0 radical (unpaired) electrons. The second-order valence-corrected chi connectivity index (χ2v) is 8.39. The van der Waals surface area contributed by atoms with Crippen molar-refractivity contribution in [2.24, 2.45) is 10.2 Å². The zero-order valence-electron chi connectivity index (χ0n) is 16.9. The molecule has 0 bridgehead atoms. The third-order valence-electron chi connectivity index (χ3n) is 3.67. The van der Waals surface area contributed by atoms with Crippen molar-refractivity contribution in [1.29, 1.82) is 0 Å². The fourth-order valence-corrected chi connectivity index (χ4v) is 3.17. The first-order chi connectivity index (χ1) is 12.8. The first-order valence-corrected chi connectivity index (χ1v) is 10.8. The summed E-state index contributed by atoms with van der Waals surface area (Å²) >= 11 is 3.31. The van der Waals surface area contributed by atoms with Gasteiger partial charge in [-0.15, -0.1) is 10.2 Å². The number of halogens is 1. The molecule has 0 aliphatic carbocycles. The predicted molar refractivity (Wildman–Crippen MR) is 112 cm³/mol. The van der Waals surface area contributed by atoms with E-state index < -0.39 is 10.1 Å². The Morgan fingerprint density at radius 1 is 1.25 bits per heavy atom. The predicted octanol–water partition coefficient (Wildman–Crippen LogP) is 1.45. The number of nitrogens with zero attached hydrogens (tertiary/aromatic N) is 4. The van der Waals surface area contributed by atoms with Crippen LogP contribution in [0.25, 0.3) is 0 Å². The van der Waals surface area contributed by atoms with Crippen LogP contribution < -0.4 is 40.2 Å². The van der Waals surface area contributed by atoms with E-state index in [0.29, 0.717) is 30.2 Å². The monoisotopic (exact) mass is 479 g/mol. The minimum atomic E-state index is -3.96. The molecule has 0 saturated heterocycles. The molecular formula is C17H23BrN5NaO3S. The van der Waals surface area contributed by atoms with Crippen LogP contribution in [0.1, 0.15) is 21.2 Å². The Kier molecular flexibility index (Phi) is 10.6. The van der Waals surface area contributed by atoms with E-state index >= 15 is 0 Å². The zero-order valence-corrected chi connectivity index (χ0v) is 20.3. The largest absolute Gasteiger partial charge is 1.00 e. The molecule has 3 N–H and O–H groups in total. The molecule has 1 aromatic carbocycles. The van der Waals surface area contributed by atoms with Crippen LogP contribution in [0.2, 0.25) is 0 Å². The maximum Gasteiger partial charge on any atom is 1.00 e. The number of rotatable bonds is 9. The second kappa shape index (κ2) is 11.8. The molecule has 0 atom stereocenters. The van der Waals surface area contributed by atoms with E-state index in [9.17, 15) is 8.42 Å². The van der Waals surface area contributed by atoms with Gasteiger partial charge < -0.3 is 12.1 Å². The summed E-state index contributed by atoms with van der Waals surface area (Å²) in [6.07, 6.45) is 2.86. The summed E-state index contributed by atoms with van der Waals surface area (Å²) in [7, 11) is -3.96. The quantitative estimate of drug-likeness (QED) is 0.243. The van der Waals surface area contributed by atoms with Gasteiger partial charge in [0, 0.05) is 29.4 Å². The van der Waals surface area contributed by atoms with Crippen molar-refractivity contribution in [2.45, 2.75) is 19.8 Å². The van der Waals surface area contributed by atoms with Crippen LogP contribution >= 0.6 is 15.9 Å². The molecule has 2 rings (SSSR count). The van der Waals surface area contributed by atoms with E-state index in [2.05, 4.69) is 31.1 Å². The van der Waals surface area contributed by atoms with Crippen LogP contribution in [-0.4, -0.2) is 36.8 Å². The molecule has 11 heteroatoms. The molecule has 1 heterocycles. The molecule has 0 aliphatic rings. The maximum absolute atomic E-state index is 10.9. The SMILES string of the molecule is CCCN(CCCS(=O)(=O)O)c1ccc(N=Nc2ccc(Br)cn2)c(N)c1.[H-].[Na+]. The number of aromatic nitrogens is 1. The van der Waals surface area contributed by atoms with Gasteiger partial charge in [-0.2, -0.15) is 8.42 Å². The van der Waals surface area contributed by atoms with Crippen LogP contribution in [0.4, 0.5) is 22.9 Å². The van der Waals surface area contributed by atoms with Gasteiger partial charge >= 0.3 is 29.6 Å². The second-order valence-electron chi connectivity index (χ2n) is 5.90. The third kappa shape index (κ3) is 8.54. The molecule has 1 aromatic heterocycles. The fourth-order valence-electron chi connectivity index (χ4n) is 2.44. The van der Waals surface area contributed by atoms with Crippen LogP contribution in [0, 0.1) is 0 Å². The summed E-state index contributed by atoms with van der Waals surface area (Å²) in [5, 5.41) is 8.21. The summed E-state index contributed by atoms with van der Waals surface area (Å²) in [5.74, 6) is 0.203. The van der Waals surface area contributed by atoms with Gasteiger partial charge in [-0.05, 0) is 59.1 Å². The molecule has 0 saturated carbocycles. The van der Waals surface area contributed by atoms with E-state index in [0.717, 1.165) is 23.1 Å². The van der Waals surface area contributed by atoms with Crippen molar-refractivity contribution >= 4 is 48.9 Å². The summed E-state index contributed by atoms with van der Waals surface area (Å²) in [5.41, 5.74) is 7.95. The molecule has 148 valence electrons. The van der Waals surface area contributed by atoms with Gasteiger partial charge in [0.1, 0.15) is 5.69 Å². The molecule has 0 spiro atoms. The number of anilines is 2. The summed E-state index contributed by atoms with van der Waals surface area (Å²) in [6.45, 7) is 3.28. The Morgan fingerprint density at radius 2 is 2.00 bits per heavy atom. The molecule has 2 aromatic rings. The van der Waals surface area contributed by atoms with Crippen molar-refractivity contribution in [3.05, 3.63) is 41.0 Å². The van der Waals surface area contributed by atoms with Crippen molar-refractivity contribution in [2.75, 3.05) is 29.5 Å². The standard InChI is InChI=1S/C17H22BrN5O3S.Na.H/c1-2-8-23(9-3-10-27(24,25)26)14-5-6-16(15(19)11-14)21-22-17-7-4-13(18)12-20-17;;/h4-7,11-12H,2-3,8-10,19H2,1H3,(H,24,25,26);;/q;+1;-1. The number of nitrogen functional groups attached to an aromatic ring is 1. The van der Waals surface area contributed by atoms with Crippen molar-refractivity contribution < 1.29 is 44.0 Å². The zero-order chi connectivity index (χ0) is 19.9. The van der Waals surface area contributed by atoms with Gasteiger partial charge in [-0.3, -0.25) is 4.55 Å². The summed E-state index contributed by atoms with van der Waals surface area (Å²) in [6, 6.07) is 8.97. The van der Waals surface area contributed by atoms with Gasteiger partial charge in [0.2, 0.25) is 0 Å². The number of hydrogen-bond acceptors (Lipinski definition) is 7. The molecule has 8 nitrogen and oxygen atoms in total. The topological polar surface area (TPSA) is 121 Å². The molecule has 0 amide bonds. The number of azo groups is 1. The maximum atomic E-state index is 10.9. The molecule has 28 heavy (non-hydrogen) atoms. The van der Waals surface area contributed by atoms with Gasteiger partial charge in [0.05, 0.1) is 11.4 Å². The minimum absolute atomic E-state index is 0. The van der Waals surface area contributed by atoms with E-state index in [-0.39, 0.29) is 36.7 Å². The van der Waals surface area contributed by atoms with E-state index in [1.165, 1.54) is 0 Å². The Balaban J connectivity index is 0.00000392. The minimum Gasteiger partial charge on any atom is -1.00 e. The fraction of sp³-hybridized carbons (Fsp3) is 0.353. The average Bonchev–Trinajstić information content (AvgIpc) is 2.60. The Hall–Kier alpha value is -1.04. The first kappa shape index (κ1) is 25.0. The van der Waals surface area contributed by atoms with Crippen molar-refractivity contribution in [3.63, 3.8) is 0 Å². The van der Waals surface area contributed by atoms with E-state index in [1.807, 2.05) is 24.0 Å². The smallest absolute Gasteiger partial charge is 1.00 e. The normalized spacial score (nSPS) is 11.4. The summed E-state index contributed by atoms with van der Waals surface area (Å²) in [4.78, 5) is 6.15.